The van der Waals surface area contributed by atoms with Crippen molar-refractivity contribution >= 4 is 23.3 Å². The smallest absolute Gasteiger partial charge is 0.274 e. The molecule has 4 nitrogen and oxygen atoms in total. The molecule has 2 heterocycles. The number of pyridine rings is 1. The topological polar surface area (TPSA) is 45.2 Å². The standard InChI is InChI=1S/C13H18ClN3O/c1-8-6-17(7-9(8)2)13(18)12-10(14)4-5-11(15-3)16-12/h4-5,8-9H,6-7H2,1-3H3,(H,15,16). The third-order valence-electron chi connectivity index (χ3n) is 3.58. The summed E-state index contributed by atoms with van der Waals surface area (Å²) >= 11 is 6.06. The fraction of sp³-hybridized carbons (Fsp3) is 0.538. The van der Waals surface area contributed by atoms with E-state index < -0.39 is 0 Å². The maximum absolute atomic E-state index is 12.4. The monoisotopic (exact) mass is 267 g/mol. The highest BCUT2D eigenvalue weighted by Crippen LogP contribution is 2.25. The second-order valence-electron chi connectivity index (χ2n) is 4.94. The molecule has 1 fully saturated rings. The van der Waals surface area contributed by atoms with Crippen LogP contribution in [-0.2, 0) is 0 Å². The van der Waals surface area contributed by atoms with E-state index in [0.29, 0.717) is 28.4 Å². The number of aromatic nitrogens is 1. The van der Waals surface area contributed by atoms with Gasteiger partial charge in [-0.25, -0.2) is 4.98 Å². The van der Waals surface area contributed by atoms with Crippen molar-refractivity contribution in [3.63, 3.8) is 0 Å². The molecule has 1 aliphatic rings. The van der Waals surface area contributed by atoms with Crippen LogP contribution >= 0.6 is 11.6 Å². The van der Waals surface area contributed by atoms with Crippen LogP contribution in [0.1, 0.15) is 24.3 Å². The lowest BCUT2D eigenvalue weighted by molar-refractivity contribution is 0.0779. The number of likely N-dealkylation sites (tertiary alicyclic amines) is 1. The molecule has 1 aliphatic heterocycles. The van der Waals surface area contributed by atoms with Gasteiger partial charge in [-0.15, -0.1) is 0 Å². The van der Waals surface area contributed by atoms with Crippen LogP contribution in [0.3, 0.4) is 0 Å². The highest BCUT2D eigenvalue weighted by atomic mass is 35.5. The molecule has 2 unspecified atom stereocenters. The predicted molar refractivity (Wildman–Crippen MR) is 73.0 cm³/mol. The second kappa shape index (κ2) is 5.14. The Morgan fingerprint density at radius 3 is 2.56 bits per heavy atom. The summed E-state index contributed by atoms with van der Waals surface area (Å²) in [5.74, 6) is 1.64. The van der Waals surface area contributed by atoms with Crippen LogP contribution in [0, 0.1) is 11.8 Å². The van der Waals surface area contributed by atoms with Gasteiger partial charge in [0.2, 0.25) is 0 Å². The normalized spacial score (nSPS) is 23.2. The Morgan fingerprint density at radius 1 is 1.39 bits per heavy atom. The molecule has 2 atom stereocenters. The van der Waals surface area contributed by atoms with Gasteiger partial charge < -0.3 is 10.2 Å². The number of hydrogen-bond donors (Lipinski definition) is 1. The summed E-state index contributed by atoms with van der Waals surface area (Å²) in [4.78, 5) is 18.5. The van der Waals surface area contributed by atoms with E-state index in [4.69, 9.17) is 11.6 Å². The van der Waals surface area contributed by atoms with Gasteiger partial charge in [0.1, 0.15) is 11.5 Å². The molecule has 0 aliphatic carbocycles. The number of carbonyl (C=O) groups excluding carboxylic acids is 1. The van der Waals surface area contributed by atoms with Crippen LogP contribution in [0.2, 0.25) is 5.02 Å². The van der Waals surface area contributed by atoms with Gasteiger partial charge >= 0.3 is 0 Å². The zero-order chi connectivity index (χ0) is 13.3. The van der Waals surface area contributed by atoms with E-state index in [2.05, 4.69) is 24.1 Å². The van der Waals surface area contributed by atoms with E-state index >= 15 is 0 Å². The van der Waals surface area contributed by atoms with Gasteiger partial charge in [0, 0.05) is 20.1 Å². The fourth-order valence-corrected chi connectivity index (χ4v) is 2.36. The third kappa shape index (κ3) is 2.43. The van der Waals surface area contributed by atoms with Gasteiger partial charge in [-0.3, -0.25) is 4.79 Å². The van der Waals surface area contributed by atoms with E-state index in [9.17, 15) is 4.79 Å². The van der Waals surface area contributed by atoms with Crippen LogP contribution in [0.4, 0.5) is 5.82 Å². The molecule has 1 N–H and O–H groups in total. The highest BCUT2D eigenvalue weighted by Gasteiger charge is 2.31. The van der Waals surface area contributed by atoms with Gasteiger partial charge in [-0.2, -0.15) is 0 Å². The van der Waals surface area contributed by atoms with E-state index in [1.165, 1.54) is 0 Å². The Hall–Kier alpha value is -1.29. The number of hydrogen-bond acceptors (Lipinski definition) is 3. The fourth-order valence-electron chi connectivity index (χ4n) is 2.18. The Kier molecular flexibility index (Phi) is 3.76. The lowest BCUT2D eigenvalue weighted by Gasteiger charge is -2.16. The van der Waals surface area contributed by atoms with Crippen molar-refractivity contribution in [3.05, 3.63) is 22.8 Å². The number of halogens is 1. The maximum atomic E-state index is 12.4. The number of rotatable bonds is 2. The molecular formula is C13H18ClN3O. The molecule has 1 aromatic heterocycles. The van der Waals surface area contributed by atoms with Crippen LogP contribution in [-0.4, -0.2) is 35.9 Å². The molecule has 98 valence electrons. The van der Waals surface area contributed by atoms with E-state index in [0.717, 1.165) is 13.1 Å². The zero-order valence-electron chi connectivity index (χ0n) is 10.9. The lowest BCUT2D eigenvalue weighted by Crippen LogP contribution is -2.30. The summed E-state index contributed by atoms with van der Waals surface area (Å²) in [5, 5.41) is 3.33. The Bertz CT molecular complexity index is 454. The summed E-state index contributed by atoms with van der Waals surface area (Å²) in [7, 11) is 1.77. The summed E-state index contributed by atoms with van der Waals surface area (Å²) in [6.07, 6.45) is 0. The SMILES string of the molecule is CNc1ccc(Cl)c(C(=O)N2CC(C)C(C)C2)n1. The zero-order valence-corrected chi connectivity index (χ0v) is 11.7. The molecule has 1 amide bonds. The Morgan fingerprint density at radius 2 is 2.00 bits per heavy atom. The van der Waals surface area contributed by atoms with Gasteiger partial charge in [0.25, 0.3) is 5.91 Å². The van der Waals surface area contributed by atoms with Crippen LogP contribution in [0.5, 0.6) is 0 Å². The van der Waals surface area contributed by atoms with Gasteiger partial charge in [-0.1, -0.05) is 25.4 Å². The molecule has 0 spiro atoms. The average molecular weight is 268 g/mol. The van der Waals surface area contributed by atoms with Crippen LogP contribution < -0.4 is 5.32 Å². The Labute approximate surface area is 112 Å². The number of amides is 1. The average Bonchev–Trinajstić information content (AvgIpc) is 2.69. The van der Waals surface area contributed by atoms with Crippen molar-refractivity contribution < 1.29 is 4.79 Å². The first kappa shape index (κ1) is 13.1. The molecule has 0 aromatic carbocycles. The summed E-state index contributed by atoms with van der Waals surface area (Å²) < 4.78 is 0. The first-order valence-corrected chi connectivity index (χ1v) is 6.54. The molecule has 1 saturated heterocycles. The van der Waals surface area contributed by atoms with Crippen LogP contribution in [0.15, 0.2) is 12.1 Å². The second-order valence-corrected chi connectivity index (χ2v) is 5.35. The van der Waals surface area contributed by atoms with Crippen molar-refractivity contribution in [2.45, 2.75) is 13.8 Å². The maximum Gasteiger partial charge on any atom is 0.274 e. The summed E-state index contributed by atoms with van der Waals surface area (Å²) in [6, 6.07) is 3.46. The minimum Gasteiger partial charge on any atom is -0.373 e. The molecule has 0 bridgehead atoms. The minimum absolute atomic E-state index is 0.0756. The van der Waals surface area contributed by atoms with E-state index in [1.54, 1.807) is 19.2 Å². The molecule has 5 heteroatoms. The Balaban J connectivity index is 2.23. The quantitative estimate of drug-likeness (QED) is 0.896. The van der Waals surface area contributed by atoms with Crippen molar-refractivity contribution in [1.29, 1.82) is 0 Å². The summed E-state index contributed by atoms with van der Waals surface area (Å²) in [5.41, 5.74) is 0.338. The molecule has 0 radical (unpaired) electrons. The van der Waals surface area contributed by atoms with E-state index in [1.807, 2.05) is 4.90 Å². The van der Waals surface area contributed by atoms with Gasteiger partial charge in [-0.05, 0) is 24.0 Å². The first-order valence-electron chi connectivity index (χ1n) is 6.16. The number of nitrogens with one attached hydrogen (secondary N) is 1. The number of anilines is 1. The molecule has 1 aromatic rings. The van der Waals surface area contributed by atoms with Crippen LogP contribution in [0.25, 0.3) is 0 Å². The molecular weight excluding hydrogens is 250 g/mol. The predicted octanol–water partition coefficient (Wildman–Crippen LogP) is 2.50. The van der Waals surface area contributed by atoms with Crippen molar-refractivity contribution in [2.24, 2.45) is 11.8 Å². The van der Waals surface area contributed by atoms with Gasteiger partial charge in [0.05, 0.1) is 5.02 Å². The number of nitrogens with zero attached hydrogens (tertiary/aromatic N) is 2. The number of carbonyl (C=O) groups is 1. The minimum atomic E-state index is -0.0756. The first-order chi connectivity index (χ1) is 8.52. The highest BCUT2D eigenvalue weighted by molar-refractivity contribution is 6.33. The molecule has 18 heavy (non-hydrogen) atoms. The third-order valence-corrected chi connectivity index (χ3v) is 3.89. The summed E-state index contributed by atoms with van der Waals surface area (Å²) in [6.45, 7) is 5.89. The van der Waals surface area contributed by atoms with E-state index in [-0.39, 0.29) is 5.91 Å². The van der Waals surface area contributed by atoms with Crippen molar-refractivity contribution in [2.75, 3.05) is 25.5 Å². The van der Waals surface area contributed by atoms with Crippen molar-refractivity contribution in [3.8, 4) is 0 Å². The van der Waals surface area contributed by atoms with Crippen molar-refractivity contribution in [1.82, 2.24) is 9.88 Å². The molecule has 0 saturated carbocycles. The largest absolute Gasteiger partial charge is 0.373 e. The lowest BCUT2D eigenvalue weighted by atomic mass is 10.0. The van der Waals surface area contributed by atoms with Gasteiger partial charge in [0.15, 0.2) is 0 Å². The molecule has 2 rings (SSSR count).